The second-order valence-corrected chi connectivity index (χ2v) is 5.56. The largest absolute Gasteiger partial charge is 0.448 e. The van der Waals surface area contributed by atoms with Gasteiger partial charge in [0.05, 0.1) is 11.0 Å². The maximum absolute atomic E-state index is 12.0. The van der Waals surface area contributed by atoms with E-state index in [0.29, 0.717) is 0 Å². The van der Waals surface area contributed by atoms with Gasteiger partial charge in [-0.2, -0.15) is 0 Å². The van der Waals surface area contributed by atoms with Gasteiger partial charge in [0, 0.05) is 6.07 Å². The normalized spacial score (nSPS) is 12.7. The molecule has 1 atom stereocenters. The highest BCUT2D eigenvalue weighted by Crippen LogP contribution is 2.22. The Balaban J connectivity index is 2.94. The van der Waals surface area contributed by atoms with Crippen LogP contribution < -0.4 is 10.5 Å². The van der Waals surface area contributed by atoms with E-state index in [1.54, 1.807) is 0 Å². The van der Waals surface area contributed by atoms with Gasteiger partial charge in [0.15, 0.2) is 4.90 Å². The maximum atomic E-state index is 12.0. The average Bonchev–Trinajstić information content (AvgIpc) is 2.36. The standard InChI is InChI=1S/C10H13N3O6S/c1-7(6-19-10(11)14)12-20(17,18)9-5-3-2-4-8(9)13(15)16/h2-5,7,12H,6H2,1H3,(H2,11,14). The zero-order valence-electron chi connectivity index (χ0n) is 10.5. The van der Waals surface area contributed by atoms with Gasteiger partial charge in [0.25, 0.3) is 5.69 Å². The molecule has 0 radical (unpaired) electrons. The number of benzene rings is 1. The van der Waals surface area contributed by atoms with Crippen LogP contribution in [0.25, 0.3) is 0 Å². The van der Waals surface area contributed by atoms with Crippen molar-refractivity contribution in [3.63, 3.8) is 0 Å². The molecule has 10 heteroatoms. The van der Waals surface area contributed by atoms with E-state index in [1.807, 2.05) is 0 Å². The van der Waals surface area contributed by atoms with E-state index >= 15 is 0 Å². The number of para-hydroxylation sites is 1. The predicted molar refractivity (Wildman–Crippen MR) is 68.4 cm³/mol. The third kappa shape index (κ3) is 4.17. The minimum Gasteiger partial charge on any atom is -0.448 e. The molecule has 0 heterocycles. The van der Waals surface area contributed by atoms with Crippen molar-refractivity contribution in [3.05, 3.63) is 34.4 Å². The lowest BCUT2D eigenvalue weighted by Crippen LogP contribution is -2.37. The van der Waals surface area contributed by atoms with Gasteiger partial charge in [0.2, 0.25) is 10.0 Å². The topological polar surface area (TPSA) is 142 Å². The number of primary amides is 1. The van der Waals surface area contributed by atoms with Crippen LogP contribution in [0.15, 0.2) is 29.2 Å². The van der Waals surface area contributed by atoms with Crippen LogP contribution >= 0.6 is 0 Å². The second-order valence-electron chi connectivity index (χ2n) is 3.88. The average molecular weight is 303 g/mol. The number of hydrogen-bond donors (Lipinski definition) is 2. The number of carbonyl (C=O) groups excluding carboxylic acids is 1. The van der Waals surface area contributed by atoms with Gasteiger partial charge >= 0.3 is 6.09 Å². The van der Waals surface area contributed by atoms with Crippen molar-refractivity contribution in [1.82, 2.24) is 4.72 Å². The molecule has 3 N–H and O–H groups in total. The molecule has 20 heavy (non-hydrogen) atoms. The lowest BCUT2D eigenvalue weighted by atomic mass is 10.3. The van der Waals surface area contributed by atoms with Gasteiger partial charge in [-0.1, -0.05) is 12.1 Å². The summed E-state index contributed by atoms with van der Waals surface area (Å²) in [6, 6.07) is 4.14. The molecule has 0 saturated carbocycles. The lowest BCUT2D eigenvalue weighted by Gasteiger charge is -2.13. The van der Waals surface area contributed by atoms with Crippen LogP contribution in [-0.2, 0) is 14.8 Å². The predicted octanol–water partition coefficient (Wildman–Crippen LogP) is 0.357. The summed E-state index contributed by atoms with van der Waals surface area (Å²) >= 11 is 0. The summed E-state index contributed by atoms with van der Waals surface area (Å²) < 4.78 is 30.6. The van der Waals surface area contributed by atoms with Gasteiger partial charge in [-0.05, 0) is 13.0 Å². The van der Waals surface area contributed by atoms with Crippen molar-refractivity contribution in [2.24, 2.45) is 5.73 Å². The van der Waals surface area contributed by atoms with Gasteiger partial charge in [-0.25, -0.2) is 17.9 Å². The molecular formula is C10H13N3O6S. The van der Waals surface area contributed by atoms with E-state index < -0.39 is 37.7 Å². The summed E-state index contributed by atoms with van der Waals surface area (Å²) in [7, 11) is -4.11. The number of nitro groups is 1. The number of nitrogens with two attached hydrogens (primary N) is 1. The Kier molecular flexibility index (Phi) is 5.00. The Hall–Kier alpha value is -2.20. The molecule has 0 aliphatic rings. The van der Waals surface area contributed by atoms with Crippen LogP contribution in [0.2, 0.25) is 0 Å². The molecule has 0 aromatic heterocycles. The Morgan fingerprint density at radius 3 is 2.65 bits per heavy atom. The number of ether oxygens (including phenoxy) is 1. The van der Waals surface area contributed by atoms with Crippen molar-refractivity contribution in [2.75, 3.05) is 6.61 Å². The van der Waals surface area contributed by atoms with Crippen LogP contribution in [0.1, 0.15) is 6.92 Å². The van der Waals surface area contributed by atoms with E-state index in [1.165, 1.54) is 19.1 Å². The zero-order valence-corrected chi connectivity index (χ0v) is 11.3. The fourth-order valence-corrected chi connectivity index (χ4v) is 2.81. The van der Waals surface area contributed by atoms with Crippen LogP contribution in [0.5, 0.6) is 0 Å². The number of nitrogens with zero attached hydrogens (tertiary/aromatic N) is 1. The van der Waals surface area contributed by atoms with Gasteiger partial charge < -0.3 is 10.5 Å². The fourth-order valence-electron chi connectivity index (χ4n) is 1.40. The quantitative estimate of drug-likeness (QED) is 0.573. The number of sulfonamides is 1. The molecule has 0 bridgehead atoms. The molecule has 1 unspecified atom stereocenters. The minimum atomic E-state index is -4.11. The molecule has 0 saturated heterocycles. The molecule has 9 nitrogen and oxygen atoms in total. The highest BCUT2D eigenvalue weighted by atomic mass is 32.2. The Bertz CT molecular complexity index is 615. The maximum Gasteiger partial charge on any atom is 0.404 e. The van der Waals surface area contributed by atoms with Crippen molar-refractivity contribution >= 4 is 21.8 Å². The third-order valence-corrected chi connectivity index (χ3v) is 3.82. The third-order valence-electron chi connectivity index (χ3n) is 2.18. The van der Waals surface area contributed by atoms with E-state index in [0.717, 1.165) is 12.1 Å². The molecule has 0 aliphatic heterocycles. The minimum absolute atomic E-state index is 0.283. The van der Waals surface area contributed by atoms with Crippen molar-refractivity contribution in [2.45, 2.75) is 17.9 Å². The summed E-state index contributed by atoms with van der Waals surface area (Å²) in [5, 5.41) is 10.8. The number of hydrogen-bond acceptors (Lipinski definition) is 6. The molecular weight excluding hydrogens is 290 g/mol. The Labute approximate surface area is 114 Å². The van der Waals surface area contributed by atoms with E-state index in [-0.39, 0.29) is 6.61 Å². The van der Waals surface area contributed by atoms with Crippen LogP contribution in [-0.4, -0.2) is 32.1 Å². The first-order valence-electron chi connectivity index (χ1n) is 5.42. The molecule has 0 fully saturated rings. The second kappa shape index (κ2) is 6.30. The summed E-state index contributed by atoms with van der Waals surface area (Å²) in [4.78, 5) is 20.0. The molecule has 0 spiro atoms. The van der Waals surface area contributed by atoms with E-state index in [4.69, 9.17) is 5.73 Å². The smallest absolute Gasteiger partial charge is 0.404 e. The summed E-state index contributed by atoms with van der Waals surface area (Å²) in [5.41, 5.74) is 4.21. The number of amides is 1. The monoisotopic (exact) mass is 303 g/mol. The molecule has 110 valence electrons. The number of nitrogens with one attached hydrogen (secondary N) is 1. The highest BCUT2D eigenvalue weighted by Gasteiger charge is 2.26. The van der Waals surface area contributed by atoms with Crippen LogP contribution in [0, 0.1) is 10.1 Å². The summed E-state index contributed by atoms with van der Waals surface area (Å²) in [6.45, 7) is 1.14. The zero-order chi connectivity index (χ0) is 15.3. The SMILES string of the molecule is CC(COC(N)=O)NS(=O)(=O)c1ccccc1[N+](=O)[O-]. The number of rotatable bonds is 6. The van der Waals surface area contributed by atoms with Crippen LogP contribution in [0.4, 0.5) is 10.5 Å². The van der Waals surface area contributed by atoms with Crippen molar-refractivity contribution < 1.29 is 22.9 Å². The highest BCUT2D eigenvalue weighted by molar-refractivity contribution is 7.89. The van der Waals surface area contributed by atoms with Crippen LogP contribution in [0.3, 0.4) is 0 Å². The van der Waals surface area contributed by atoms with Crippen molar-refractivity contribution in [1.29, 1.82) is 0 Å². The molecule has 0 aliphatic carbocycles. The first-order valence-corrected chi connectivity index (χ1v) is 6.90. The van der Waals surface area contributed by atoms with Gasteiger partial charge in [-0.3, -0.25) is 10.1 Å². The molecule has 1 rings (SSSR count). The van der Waals surface area contributed by atoms with Gasteiger partial charge in [-0.15, -0.1) is 0 Å². The van der Waals surface area contributed by atoms with E-state index in [9.17, 15) is 23.3 Å². The summed E-state index contributed by atoms with van der Waals surface area (Å²) in [6.07, 6.45) is -1.04. The summed E-state index contributed by atoms with van der Waals surface area (Å²) in [5.74, 6) is 0. The molecule has 1 aromatic carbocycles. The van der Waals surface area contributed by atoms with Gasteiger partial charge in [0.1, 0.15) is 6.61 Å². The van der Waals surface area contributed by atoms with Crippen molar-refractivity contribution in [3.8, 4) is 0 Å². The molecule has 1 aromatic rings. The number of carbonyl (C=O) groups is 1. The Morgan fingerprint density at radius 1 is 1.50 bits per heavy atom. The first-order chi connectivity index (χ1) is 9.24. The lowest BCUT2D eigenvalue weighted by molar-refractivity contribution is -0.387. The Morgan fingerprint density at radius 2 is 2.10 bits per heavy atom. The fraction of sp³-hybridized carbons (Fsp3) is 0.300. The van der Waals surface area contributed by atoms with E-state index in [2.05, 4.69) is 9.46 Å². The first kappa shape index (κ1) is 15.9. The number of nitro benzene ring substituents is 1. The molecule has 1 amide bonds.